The molecule has 1 aromatic heterocycles. The number of piperidine rings is 1. The van der Waals surface area contributed by atoms with Gasteiger partial charge in [-0.15, -0.1) is 0 Å². The molecule has 2 rings (SSSR count). The van der Waals surface area contributed by atoms with Crippen molar-refractivity contribution in [2.45, 2.75) is 32.4 Å². The number of furan rings is 1. The fraction of sp³-hybridized carbons (Fsp3) is 0.667. The van der Waals surface area contributed by atoms with Gasteiger partial charge < -0.3 is 15.1 Å². The van der Waals surface area contributed by atoms with Gasteiger partial charge in [0.05, 0.1) is 19.4 Å². The molecule has 2 unspecified atom stereocenters. The van der Waals surface area contributed by atoms with Crippen LogP contribution < -0.4 is 5.73 Å². The number of likely N-dealkylation sites (N-methyl/N-ethyl adjacent to an activating group) is 1. The second-order valence-electron chi connectivity index (χ2n) is 5.82. The molecule has 1 amide bonds. The molecule has 5 heteroatoms. The Morgan fingerprint density at radius 2 is 2.40 bits per heavy atom. The minimum Gasteiger partial charge on any atom is -0.467 e. The monoisotopic (exact) mass is 279 g/mol. The molecule has 1 aliphatic rings. The van der Waals surface area contributed by atoms with Gasteiger partial charge in [0, 0.05) is 19.6 Å². The molecule has 0 radical (unpaired) electrons. The first-order chi connectivity index (χ1) is 9.60. The molecule has 112 valence electrons. The van der Waals surface area contributed by atoms with E-state index in [2.05, 4.69) is 11.8 Å². The largest absolute Gasteiger partial charge is 0.467 e. The van der Waals surface area contributed by atoms with Gasteiger partial charge in [-0.2, -0.15) is 0 Å². The first-order valence-corrected chi connectivity index (χ1v) is 7.30. The molecule has 20 heavy (non-hydrogen) atoms. The van der Waals surface area contributed by atoms with Crippen LogP contribution in [0.1, 0.15) is 25.5 Å². The van der Waals surface area contributed by atoms with E-state index < -0.39 is 0 Å². The number of carbonyl (C=O) groups excluding carboxylic acids is 1. The summed E-state index contributed by atoms with van der Waals surface area (Å²) in [6, 6.07) is 4.05. The molecule has 0 spiro atoms. The van der Waals surface area contributed by atoms with E-state index in [9.17, 15) is 4.79 Å². The maximum Gasteiger partial charge on any atom is 0.236 e. The summed E-state index contributed by atoms with van der Waals surface area (Å²) < 4.78 is 5.27. The lowest BCUT2D eigenvalue weighted by atomic mass is 9.92. The molecule has 2 heterocycles. The lowest BCUT2D eigenvalue weighted by molar-refractivity contribution is -0.133. The predicted molar refractivity (Wildman–Crippen MR) is 78.0 cm³/mol. The van der Waals surface area contributed by atoms with Crippen molar-refractivity contribution in [1.29, 1.82) is 0 Å². The lowest BCUT2D eigenvalue weighted by Crippen LogP contribution is -2.50. The summed E-state index contributed by atoms with van der Waals surface area (Å²) in [5.41, 5.74) is 5.84. The Hall–Kier alpha value is -1.33. The minimum absolute atomic E-state index is 0.120. The van der Waals surface area contributed by atoms with Crippen LogP contribution in [0.3, 0.4) is 0 Å². The third kappa shape index (κ3) is 3.84. The lowest BCUT2D eigenvalue weighted by Gasteiger charge is -2.38. The van der Waals surface area contributed by atoms with E-state index in [0.717, 1.165) is 25.1 Å². The van der Waals surface area contributed by atoms with Crippen molar-refractivity contribution in [3.8, 4) is 0 Å². The predicted octanol–water partition coefficient (Wildman–Crippen LogP) is 1.30. The zero-order valence-electron chi connectivity index (χ0n) is 12.4. The average molecular weight is 279 g/mol. The van der Waals surface area contributed by atoms with Crippen LogP contribution in [0.2, 0.25) is 0 Å². The fourth-order valence-electron chi connectivity index (χ4n) is 2.77. The van der Waals surface area contributed by atoms with E-state index in [-0.39, 0.29) is 5.91 Å². The van der Waals surface area contributed by atoms with Crippen LogP contribution in [-0.2, 0) is 11.3 Å². The summed E-state index contributed by atoms with van der Waals surface area (Å²) in [4.78, 5) is 16.2. The standard InChI is InChI=1S/C15H25N3O2/c1-12-5-6-18(13(8-12)9-16)11-15(19)17(2)10-14-4-3-7-20-14/h3-4,7,12-13H,5-6,8-11,16H2,1-2H3. The smallest absolute Gasteiger partial charge is 0.236 e. The zero-order valence-corrected chi connectivity index (χ0v) is 12.4. The van der Waals surface area contributed by atoms with E-state index >= 15 is 0 Å². The second-order valence-corrected chi connectivity index (χ2v) is 5.82. The molecule has 0 saturated carbocycles. The molecule has 1 aromatic rings. The maximum atomic E-state index is 12.3. The van der Waals surface area contributed by atoms with Crippen LogP contribution >= 0.6 is 0 Å². The Morgan fingerprint density at radius 3 is 3.05 bits per heavy atom. The summed E-state index contributed by atoms with van der Waals surface area (Å²) in [6.45, 7) is 4.81. The number of likely N-dealkylation sites (tertiary alicyclic amines) is 1. The molecule has 2 atom stereocenters. The summed E-state index contributed by atoms with van der Waals surface area (Å²) in [5, 5.41) is 0. The number of hydrogen-bond donors (Lipinski definition) is 1. The van der Waals surface area contributed by atoms with Gasteiger partial charge in [0.2, 0.25) is 5.91 Å². The number of carbonyl (C=O) groups is 1. The van der Waals surface area contributed by atoms with Gasteiger partial charge >= 0.3 is 0 Å². The highest BCUT2D eigenvalue weighted by atomic mass is 16.3. The molecule has 0 aromatic carbocycles. The van der Waals surface area contributed by atoms with E-state index in [0.29, 0.717) is 31.6 Å². The van der Waals surface area contributed by atoms with Crippen LogP contribution in [0.15, 0.2) is 22.8 Å². The number of amides is 1. The van der Waals surface area contributed by atoms with Gasteiger partial charge in [-0.3, -0.25) is 9.69 Å². The van der Waals surface area contributed by atoms with E-state index in [1.54, 1.807) is 11.2 Å². The van der Waals surface area contributed by atoms with Gasteiger partial charge in [0.25, 0.3) is 0 Å². The Balaban J connectivity index is 1.86. The number of nitrogens with zero attached hydrogens (tertiary/aromatic N) is 2. The van der Waals surface area contributed by atoms with E-state index in [1.165, 1.54) is 0 Å². The van der Waals surface area contributed by atoms with Gasteiger partial charge in [-0.25, -0.2) is 0 Å². The molecule has 1 aliphatic heterocycles. The van der Waals surface area contributed by atoms with Crippen molar-refractivity contribution in [3.05, 3.63) is 24.2 Å². The number of nitrogens with two attached hydrogens (primary N) is 1. The molecule has 5 nitrogen and oxygen atoms in total. The van der Waals surface area contributed by atoms with Crippen LogP contribution in [-0.4, -0.2) is 48.4 Å². The highest BCUT2D eigenvalue weighted by Crippen LogP contribution is 2.21. The quantitative estimate of drug-likeness (QED) is 0.882. The van der Waals surface area contributed by atoms with Crippen molar-refractivity contribution in [2.75, 3.05) is 26.7 Å². The minimum atomic E-state index is 0.120. The molecule has 0 aliphatic carbocycles. The van der Waals surface area contributed by atoms with Crippen molar-refractivity contribution in [2.24, 2.45) is 11.7 Å². The fourth-order valence-corrected chi connectivity index (χ4v) is 2.77. The van der Waals surface area contributed by atoms with Crippen molar-refractivity contribution in [1.82, 2.24) is 9.80 Å². The molecule has 1 saturated heterocycles. The average Bonchev–Trinajstić information content (AvgIpc) is 2.93. The van der Waals surface area contributed by atoms with Gasteiger partial charge in [0.1, 0.15) is 5.76 Å². The first-order valence-electron chi connectivity index (χ1n) is 7.30. The van der Waals surface area contributed by atoms with E-state index in [4.69, 9.17) is 10.2 Å². The highest BCUT2D eigenvalue weighted by Gasteiger charge is 2.27. The van der Waals surface area contributed by atoms with Crippen molar-refractivity contribution in [3.63, 3.8) is 0 Å². The van der Waals surface area contributed by atoms with Gasteiger partial charge in [0.15, 0.2) is 0 Å². The van der Waals surface area contributed by atoms with Gasteiger partial charge in [-0.1, -0.05) is 6.92 Å². The summed E-state index contributed by atoms with van der Waals surface area (Å²) >= 11 is 0. The normalized spacial score (nSPS) is 23.8. The Bertz CT molecular complexity index is 419. The van der Waals surface area contributed by atoms with Crippen molar-refractivity contribution < 1.29 is 9.21 Å². The molecule has 2 N–H and O–H groups in total. The zero-order chi connectivity index (χ0) is 14.5. The van der Waals surface area contributed by atoms with Crippen LogP contribution in [0, 0.1) is 5.92 Å². The summed E-state index contributed by atoms with van der Waals surface area (Å²) in [7, 11) is 1.81. The van der Waals surface area contributed by atoms with Crippen LogP contribution in [0.4, 0.5) is 0 Å². The SMILES string of the molecule is CC1CCN(CC(=O)N(C)Cc2ccco2)C(CN)C1. The molecule has 1 fully saturated rings. The molecular weight excluding hydrogens is 254 g/mol. The van der Waals surface area contributed by atoms with Crippen molar-refractivity contribution >= 4 is 5.91 Å². The Kier molecular flexibility index (Phi) is 5.20. The third-order valence-electron chi connectivity index (χ3n) is 4.11. The Labute approximate surface area is 120 Å². The molecule has 0 bridgehead atoms. The van der Waals surface area contributed by atoms with E-state index in [1.807, 2.05) is 19.2 Å². The second kappa shape index (κ2) is 6.90. The maximum absolute atomic E-state index is 12.3. The number of hydrogen-bond acceptors (Lipinski definition) is 4. The summed E-state index contributed by atoms with van der Waals surface area (Å²) in [6.07, 6.45) is 3.86. The van der Waals surface area contributed by atoms with Crippen LogP contribution in [0.25, 0.3) is 0 Å². The molecular formula is C15H25N3O2. The highest BCUT2D eigenvalue weighted by molar-refractivity contribution is 5.78. The van der Waals surface area contributed by atoms with Gasteiger partial charge in [-0.05, 0) is 37.4 Å². The third-order valence-corrected chi connectivity index (χ3v) is 4.11. The summed E-state index contributed by atoms with van der Waals surface area (Å²) in [5.74, 6) is 1.63. The first kappa shape index (κ1) is 15.1. The number of rotatable bonds is 5. The Morgan fingerprint density at radius 1 is 1.60 bits per heavy atom. The van der Waals surface area contributed by atoms with Crippen LogP contribution in [0.5, 0.6) is 0 Å². The topological polar surface area (TPSA) is 62.7 Å².